The Morgan fingerprint density at radius 3 is 2.82 bits per heavy atom. The Morgan fingerprint density at radius 1 is 1.35 bits per heavy atom. The quantitative estimate of drug-likeness (QED) is 0.781. The molecule has 17 heavy (non-hydrogen) atoms. The molecule has 0 aliphatic carbocycles. The second-order valence-electron chi connectivity index (χ2n) is 5.06. The van der Waals surface area contributed by atoms with E-state index >= 15 is 0 Å². The van der Waals surface area contributed by atoms with Gasteiger partial charge in [-0.05, 0) is 24.6 Å². The van der Waals surface area contributed by atoms with Crippen LogP contribution < -0.4 is 10.6 Å². The minimum absolute atomic E-state index is 0.213. The van der Waals surface area contributed by atoms with Crippen molar-refractivity contribution in [2.75, 3.05) is 29.5 Å². The summed E-state index contributed by atoms with van der Waals surface area (Å²) in [5, 5.41) is 0. The maximum atomic E-state index is 13.8. The van der Waals surface area contributed by atoms with E-state index in [1.165, 1.54) is 6.07 Å². The van der Waals surface area contributed by atoms with Gasteiger partial charge in [-0.25, -0.2) is 4.39 Å². The molecule has 0 amide bonds. The lowest BCUT2D eigenvalue weighted by Gasteiger charge is -2.24. The van der Waals surface area contributed by atoms with Crippen LogP contribution in [0.4, 0.5) is 15.8 Å². The van der Waals surface area contributed by atoms with E-state index in [0.29, 0.717) is 16.1 Å². The first-order chi connectivity index (χ1) is 7.98. The summed E-state index contributed by atoms with van der Waals surface area (Å²) in [7, 11) is 0. The van der Waals surface area contributed by atoms with Crippen LogP contribution in [-0.4, -0.2) is 23.6 Å². The molecular weight excluding hydrogens is 235 g/mol. The molecule has 1 aliphatic rings. The average Bonchev–Trinajstić information content (AvgIpc) is 2.40. The standard InChI is InChI=1S/C13H19FN2S/c1-13(2)5-6-16(7-8-17-13)12-4-3-10(15)9-11(12)14/h3-4,9H,5-8,15H2,1-2H3. The highest BCUT2D eigenvalue weighted by atomic mass is 32.2. The maximum Gasteiger partial charge on any atom is 0.148 e. The van der Waals surface area contributed by atoms with Gasteiger partial charge in [0, 0.05) is 29.3 Å². The van der Waals surface area contributed by atoms with E-state index in [4.69, 9.17) is 5.73 Å². The highest BCUT2D eigenvalue weighted by Gasteiger charge is 2.24. The summed E-state index contributed by atoms with van der Waals surface area (Å²) in [5.74, 6) is 0.825. The van der Waals surface area contributed by atoms with E-state index in [9.17, 15) is 4.39 Å². The molecule has 94 valence electrons. The molecule has 2 N–H and O–H groups in total. The van der Waals surface area contributed by atoms with Gasteiger partial charge in [-0.3, -0.25) is 0 Å². The number of anilines is 2. The van der Waals surface area contributed by atoms with Crippen molar-refractivity contribution in [3.63, 3.8) is 0 Å². The van der Waals surface area contributed by atoms with Crippen molar-refractivity contribution in [1.29, 1.82) is 0 Å². The van der Waals surface area contributed by atoms with Crippen molar-refractivity contribution in [3.8, 4) is 0 Å². The van der Waals surface area contributed by atoms with Gasteiger partial charge in [-0.15, -0.1) is 0 Å². The number of hydrogen-bond donors (Lipinski definition) is 1. The van der Waals surface area contributed by atoms with Crippen molar-refractivity contribution in [2.24, 2.45) is 0 Å². The average molecular weight is 254 g/mol. The molecule has 0 bridgehead atoms. The Balaban J connectivity index is 2.17. The third kappa shape index (κ3) is 3.06. The van der Waals surface area contributed by atoms with Crippen LogP contribution in [0.3, 0.4) is 0 Å². The molecule has 1 aromatic carbocycles. The Hall–Kier alpha value is -0.900. The number of nitrogens with two attached hydrogens (primary N) is 1. The van der Waals surface area contributed by atoms with Gasteiger partial charge in [-0.1, -0.05) is 13.8 Å². The molecule has 2 nitrogen and oxygen atoms in total. The van der Waals surface area contributed by atoms with Crippen LogP contribution in [-0.2, 0) is 0 Å². The van der Waals surface area contributed by atoms with Crippen LogP contribution in [0, 0.1) is 5.82 Å². The van der Waals surface area contributed by atoms with Gasteiger partial charge in [0.1, 0.15) is 5.82 Å². The van der Waals surface area contributed by atoms with Crippen LogP contribution in [0.1, 0.15) is 20.3 Å². The van der Waals surface area contributed by atoms with Crippen molar-refractivity contribution in [1.82, 2.24) is 0 Å². The predicted molar refractivity (Wildman–Crippen MR) is 74.2 cm³/mol. The number of thioether (sulfide) groups is 1. The number of benzene rings is 1. The Kier molecular flexibility index (Phi) is 3.52. The second kappa shape index (κ2) is 4.77. The fourth-order valence-electron chi connectivity index (χ4n) is 2.04. The SMILES string of the molecule is CC1(C)CCN(c2ccc(N)cc2F)CCS1. The summed E-state index contributed by atoms with van der Waals surface area (Å²) in [6.45, 7) is 6.30. The lowest BCUT2D eigenvalue weighted by Crippen LogP contribution is -2.27. The Labute approximate surface area is 106 Å². The molecule has 1 fully saturated rings. The molecule has 1 aromatic rings. The number of hydrogen-bond acceptors (Lipinski definition) is 3. The summed E-state index contributed by atoms with van der Waals surface area (Å²) in [4.78, 5) is 2.12. The zero-order chi connectivity index (χ0) is 12.5. The molecule has 1 aliphatic heterocycles. The van der Waals surface area contributed by atoms with Gasteiger partial charge in [0.2, 0.25) is 0 Å². The minimum Gasteiger partial charge on any atom is -0.399 e. The minimum atomic E-state index is -0.213. The van der Waals surface area contributed by atoms with Gasteiger partial charge >= 0.3 is 0 Å². The van der Waals surface area contributed by atoms with Gasteiger partial charge < -0.3 is 10.6 Å². The summed E-state index contributed by atoms with van der Waals surface area (Å²) < 4.78 is 14.1. The summed E-state index contributed by atoms with van der Waals surface area (Å²) in [6.07, 6.45) is 1.07. The van der Waals surface area contributed by atoms with Crippen LogP contribution in [0.25, 0.3) is 0 Å². The lowest BCUT2D eigenvalue weighted by atomic mass is 10.1. The number of halogens is 1. The number of nitrogen functional groups attached to an aromatic ring is 1. The van der Waals surface area contributed by atoms with E-state index in [1.54, 1.807) is 12.1 Å². The third-order valence-corrected chi connectivity index (χ3v) is 4.52. The van der Waals surface area contributed by atoms with Gasteiger partial charge in [0.25, 0.3) is 0 Å². The third-order valence-electron chi connectivity index (χ3n) is 3.15. The first-order valence-electron chi connectivity index (χ1n) is 5.92. The highest BCUT2D eigenvalue weighted by Crippen LogP contribution is 2.33. The van der Waals surface area contributed by atoms with Crippen LogP contribution in [0.15, 0.2) is 18.2 Å². The van der Waals surface area contributed by atoms with E-state index in [2.05, 4.69) is 18.7 Å². The molecule has 1 saturated heterocycles. The Bertz CT molecular complexity index is 406. The van der Waals surface area contributed by atoms with E-state index < -0.39 is 0 Å². The molecule has 0 unspecified atom stereocenters. The van der Waals surface area contributed by atoms with Gasteiger partial charge in [0.15, 0.2) is 0 Å². The van der Waals surface area contributed by atoms with Crippen LogP contribution in [0.5, 0.6) is 0 Å². The fraction of sp³-hybridized carbons (Fsp3) is 0.538. The van der Waals surface area contributed by atoms with Gasteiger partial charge in [0.05, 0.1) is 5.69 Å². The van der Waals surface area contributed by atoms with E-state index in [-0.39, 0.29) is 5.82 Å². The summed E-state index contributed by atoms with van der Waals surface area (Å²) >= 11 is 1.96. The maximum absolute atomic E-state index is 13.8. The van der Waals surface area contributed by atoms with Gasteiger partial charge in [-0.2, -0.15) is 11.8 Å². The molecule has 0 saturated carbocycles. The second-order valence-corrected chi connectivity index (χ2v) is 6.86. The first kappa shape index (κ1) is 12.6. The largest absolute Gasteiger partial charge is 0.399 e. The van der Waals surface area contributed by atoms with Crippen LogP contribution in [0.2, 0.25) is 0 Å². The first-order valence-corrected chi connectivity index (χ1v) is 6.90. The number of nitrogens with zero attached hydrogens (tertiary/aromatic N) is 1. The van der Waals surface area contributed by atoms with Crippen molar-refractivity contribution >= 4 is 23.1 Å². The molecule has 4 heteroatoms. The zero-order valence-corrected chi connectivity index (χ0v) is 11.2. The number of rotatable bonds is 1. The van der Waals surface area contributed by atoms with E-state index in [1.807, 2.05) is 11.8 Å². The predicted octanol–water partition coefficient (Wildman–Crippen LogP) is 3.13. The molecule has 2 rings (SSSR count). The van der Waals surface area contributed by atoms with E-state index in [0.717, 1.165) is 25.3 Å². The molecule has 0 spiro atoms. The fourth-order valence-corrected chi connectivity index (χ4v) is 3.14. The molecule has 0 atom stereocenters. The normalized spacial score (nSPS) is 20.1. The molecule has 1 heterocycles. The zero-order valence-electron chi connectivity index (χ0n) is 10.4. The monoisotopic (exact) mass is 254 g/mol. The highest BCUT2D eigenvalue weighted by molar-refractivity contribution is 8.00. The molecule has 0 aromatic heterocycles. The molecular formula is C13H19FN2S. The van der Waals surface area contributed by atoms with Crippen molar-refractivity contribution in [2.45, 2.75) is 25.0 Å². The smallest absolute Gasteiger partial charge is 0.148 e. The Morgan fingerprint density at radius 2 is 2.12 bits per heavy atom. The summed E-state index contributed by atoms with van der Waals surface area (Å²) in [6, 6.07) is 4.95. The topological polar surface area (TPSA) is 29.3 Å². The molecule has 0 radical (unpaired) electrons. The van der Waals surface area contributed by atoms with Crippen molar-refractivity contribution in [3.05, 3.63) is 24.0 Å². The van der Waals surface area contributed by atoms with Crippen LogP contribution >= 0.6 is 11.8 Å². The lowest BCUT2D eigenvalue weighted by molar-refractivity contribution is 0.603. The summed E-state index contributed by atoms with van der Waals surface area (Å²) in [5.41, 5.74) is 6.73. The van der Waals surface area contributed by atoms with Crippen molar-refractivity contribution < 1.29 is 4.39 Å².